The molecule has 7 nitrogen and oxygen atoms in total. The van der Waals surface area contributed by atoms with Crippen molar-refractivity contribution in [3.05, 3.63) is 42.5 Å². The SMILES string of the molecule is COc1nccnc1OC1CCC(NC(=O)c2ccccn2)CC1. The standard InChI is InChI=1S/C17H20N4O3/c1-23-16-17(20-11-10-19-16)24-13-7-5-12(6-8-13)21-15(22)14-4-2-3-9-18-14/h2-4,9-13H,5-8H2,1H3,(H,21,22). The molecule has 2 aromatic heterocycles. The van der Waals surface area contributed by atoms with Crippen LogP contribution in [0.5, 0.6) is 11.8 Å². The van der Waals surface area contributed by atoms with Crippen LogP contribution in [0.3, 0.4) is 0 Å². The van der Waals surface area contributed by atoms with E-state index in [0.717, 1.165) is 25.7 Å². The Morgan fingerprint density at radius 3 is 2.46 bits per heavy atom. The number of amides is 1. The van der Waals surface area contributed by atoms with Crippen LogP contribution in [0, 0.1) is 0 Å². The number of hydrogen-bond acceptors (Lipinski definition) is 6. The molecule has 7 heteroatoms. The average Bonchev–Trinajstić information content (AvgIpc) is 2.64. The van der Waals surface area contributed by atoms with Crippen molar-refractivity contribution < 1.29 is 14.3 Å². The first-order valence-electron chi connectivity index (χ1n) is 8.00. The lowest BCUT2D eigenvalue weighted by molar-refractivity contribution is 0.0881. The quantitative estimate of drug-likeness (QED) is 0.903. The van der Waals surface area contributed by atoms with E-state index in [1.54, 1.807) is 43.9 Å². The number of carbonyl (C=O) groups excluding carboxylic acids is 1. The van der Waals surface area contributed by atoms with Gasteiger partial charge in [0.15, 0.2) is 0 Å². The summed E-state index contributed by atoms with van der Waals surface area (Å²) in [4.78, 5) is 24.4. The second kappa shape index (κ2) is 7.72. The minimum Gasteiger partial charge on any atom is -0.477 e. The number of rotatable bonds is 5. The first-order chi connectivity index (χ1) is 11.8. The fraction of sp³-hybridized carbons (Fsp3) is 0.412. The molecule has 0 bridgehead atoms. The van der Waals surface area contributed by atoms with Gasteiger partial charge in [0.25, 0.3) is 17.7 Å². The van der Waals surface area contributed by atoms with Gasteiger partial charge in [-0.05, 0) is 37.8 Å². The van der Waals surface area contributed by atoms with Crippen LogP contribution >= 0.6 is 0 Å². The van der Waals surface area contributed by atoms with E-state index in [4.69, 9.17) is 9.47 Å². The molecule has 1 aliphatic rings. The van der Waals surface area contributed by atoms with Crippen molar-refractivity contribution in [2.24, 2.45) is 0 Å². The van der Waals surface area contributed by atoms with Gasteiger partial charge in [-0.3, -0.25) is 9.78 Å². The van der Waals surface area contributed by atoms with Crippen LogP contribution in [0.15, 0.2) is 36.8 Å². The minimum atomic E-state index is -0.129. The zero-order chi connectivity index (χ0) is 16.8. The predicted molar refractivity (Wildman–Crippen MR) is 87.0 cm³/mol. The topological polar surface area (TPSA) is 86.2 Å². The third-order valence-corrected chi connectivity index (χ3v) is 4.01. The van der Waals surface area contributed by atoms with E-state index in [9.17, 15) is 4.79 Å². The second-order valence-electron chi connectivity index (χ2n) is 5.65. The van der Waals surface area contributed by atoms with Gasteiger partial charge in [0, 0.05) is 24.6 Å². The Morgan fingerprint density at radius 2 is 1.79 bits per heavy atom. The maximum atomic E-state index is 12.1. The smallest absolute Gasteiger partial charge is 0.278 e. The van der Waals surface area contributed by atoms with Gasteiger partial charge in [0.1, 0.15) is 11.8 Å². The Kier molecular flexibility index (Phi) is 5.20. The summed E-state index contributed by atoms with van der Waals surface area (Å²) in [5, 5.41) is 3.03. The first kappa shape index (κ1) is 16.2. The van der Waals surface area contributed by atoms with Gasteiger partial charge in [-0.25, -0.2) is 9.97 Å². The number of nitrogens with one attached hydrogen (secondary N) is 1. The van der Waals surface area contributed by atoms with E-state index in [1.165, 1.54) is 0 Å². The molecule has 1 amide bonds. The maximum absolute atomic E-state index is 12.1. The zero-order valence-corrected chi connectivity index (χ0v) is 13.5. The van der Waals surface area contributed by atoms with Crippen LogP contribution in [-0.2, 0) is 0 Å². The van der Waals surface area contributed by atoms with E-state index in [2.05, 4.69) is 20.3 Å². The summed E-state index contributed by atoms with van der Waals surface area (Å²) in [6, 6.07) is 5.45. The van der Waals surface area contributed by atoms with Crippen molar-refractivity contribution in [1.82, 2.24) is 20.3 Å². The van der Waals surface area contributed by atoms with Gasteiger partial charge >= 0.3 is 0 Å². The van der Waals surface area contributed by atoms with E-state index >= 15 is 0 Å². The molecule has 0 radical (unpaired) electrons. The third kappa shape index (κ3) is 3.98. The van der Waals surface area contributed by atoms with E-state index in [0.29, 0.717) is 17.5 Å². The highest BCUT2D eigenvalue weighted by molar-refractivity contribution is 5.92. The van der Waals surface area contributed by atoms with E-state index in [-0.39, 0.29) is 18.1 Å². The lowest BCUT2D eigenvalue weighted by Crippen LogP contribution is -2.40. The summed E-state index contributed by atoms with van der Waals surface area (Å²) in [7, 11) is 1.54. The average molecular weight is 328 g/mol. The Hall–Kier alpha value is -2.70. The molecule has 2 heterocycles. The number of carbonyl (C=O) groups is 1. The number of ether oxygens (including phenoxy) is 2. The molecular formula is C17H20N4O3. The van der Waals surface area contributed by atoms with Crippen LogP contribution in [0.2, 0.25) is 0 Å². The molecule has 1 aliphatic carbocycles. The van der Waals surface area contributed by atoms with Gasteiger partial charge in [0.2, 0.25) is 0 Å². The molecule has 1 saturated carbocycles. The molecule has 1 N–H and O–H groups in total. The summed E-state index contributed by atoms with van der Waals surface area (Å²) < 4.78 is 11.0. The van der Waals surface area contributed by atoms with Gasteiger partial charge in [-0.15, -0.1) is 0 Å². The van der Waals surface area contributed by atoms with Crippen molar-refractivity contribution >= 4 is 5.91 Å². The molecule has 3 rings (SSSR count). The molecule has 0 unspecified atom stereocenters. The van der Waals surface area contributed by atoms with Crippen molar-refractivity contribution in [3.8, 4) is 11.8 Å². The summed E-state index contributed by atoms with van der Waals surface area (Å²) in [6.07, 6.45) is 8.20. The maximum Gasteiger partial charge on any atom is 0.278 e. The first-order valence-corrected chi connectivity index (χ1v) is 8.00. The second-order valence-corrected chi connectivity index (χ2v) is 5.65. The molecule has 0 saturated heterocycles. The van der Waals surface area contributed by atoms with E-state index in [1.807, 2.05) is 0 Å². The largest absolute Gasteiger partial charge is 0.477 e. The third-order valence-electron chi connectivity index (χ3n) is 4.01. The Balaban J connectivity index is 1.50. The van der Waals surface area contributed by atoms with Crippen molar-refractivity contribution in [3.63, 3.8) is 0 Å². The van der Waals surface area contributed by atoms with Crippen molar-refractivity contribution in [2.45, 2.75) is 37.8 Å². The molecule has 0 spiro atoms. The number of nitrogens with zero attached hydrogens (tertiary/aromatic N) is 3. The van der Waals surface area contributed by atoms with Gasteiger partial charge in [-0.2, -0.15) is 0 Å². The molecule has 0 aliphatic heterocycles. The van der Waals surface area contributed by atoms with Crippen molar-refractivity contribution in [1.29, 1.82) is 0 Å². The van der Waals surface area contributed by atoms with Crippen LogP contribution in [0.25, 0.3) is 0 Å². The summed E-state index contributed by atoms with van der Waals surface area (Å²) in [6.45, 7) is 0. The monoisotopic (exact) mass is 328 g/mol. The fourth-order valence-electron chi connectivity index (χ4n) is 2.77. The highest BCUT2D eigenvalue weighted by atomic mass is 16.5. The highest BCUT2D eigenvalue weighted by Gasteiger charge is 2.25. The van der Waals surface area contributed by atoms with Gasteiger partial charge in [0.05, 0.1) is 7.11 Å². The van der Waals surface area contributed by atoms with E-state index < -0.39 is 0 Å². The molecule has 0 aromatic carbocycles. The van der Waals surface area contributed by atoms with Crippen LogP contribution in [0.1, 0.15) is 36.2 Å². The van der Waals surface area contributed by atoms with Crippen molar-refractivity contribution in [2.75, 3.05) is 7.11 Å². The Morgan fingerprint density at radius 1 is 1.04 bits per heavy atom. The Bertz CT molecular complexity index is 673. The number of pyridine rings is 1. The van der Waals surface area contributed by atoms with Gasteiger partial charge in [-0.1, -0.05) is 6.07 Å². The lowest BCUT2D eigenvalue weighted by atomic mass is 9.93. The van der Waals surface area contributed by atoms with Crippen LogP contribution < -0.4 is 14.8 Å². The van der Waals surface area contributed by atoms with Crippen LogP contribution in [-0.4, -0.2) is 40.1 Å². The Labute approximate surface area is 140 Å². The predicted octanol–water partition coefficient (Wildman–Crippen LogP) is 2.00. The summed E-state index contributed by atoms with van der Waals surface area (Å²) >= 11 is 0. The normalized spacial score (nSPS) is 20.2. The number of methoxy groups -OCH3 is 1. The molecule has 1 fully saturated rings. The molecule has 24 heavy (non-hydrogen) atoms. The molecule has 2 aromatic rings. The summed E-state index contributed by atoms with van der Waals surface area (Å²) in [5.41, 5.74) is 0.445. The highest BCUT2D eigenvalue weighted by Crippen LogP contribution is 2.27. The zero-order valence-electron chi connectivity index (χ0n) is 13.5. The minimum absolute atomic E-state index is 0.0543. The van der Waals surface area contributed by atoms with Crippen LogP contribution in [0.4, 0.5) is 0 Å². The molecular weight excluding hydrogens is 308 g/mol. The van der Waals surface area contributed by atoms with Gasteiger partial charge < -0.3 is 14.8 Å². The molecule has 0 atom stereocenters. The molecule has 126 valence electrons. The lowest BCUT2D eigenvalue weighted by Gasteiger charge is -2.29. The summed E-state index contributed by atoms with van der Waals surface area (Å²) in [5.74, 6) is 0.680. The number of hydrogen-bond donors (Lipinski definition) is 1. The number of aromatic nitrogens is 3. The fourth-order valence-corrected chi connectivity index (χ4v) is 2.77.